The monoisotopic (exact) mass is 264 g/mol. The molecule has 6 heteroatoms. The Morgan fingerprint density at radius 3 is 2.67 bits per heavy atom. The largest absolute Gasteiger partial charge is 0.508 e. The summed E-state index contributed by atoms with van der Waals surface area (Å²) in [6.45, 7) is 0.668. The molecule has 1 aromatic heterocycles. The normalized spacial score (nSPS) is 10.3. The van der Waals surface area contributed by atoms with Crippen LogP contribution >= 0.6 is 11.6 Å². The maximum Gasteiger partial charge on any atom is 0.150 e. The van der Waals surface area contributed by atoms with Gasteiger partial charge in [0, 0.05) is 6.54 Å². The van der Waals surface area contributed by atoms with Gasteiger partial charge in [0.2, 0.25) is 0 Å². The summed E-state index contributed by atoms with van der Waals surface area (Å²) in [7, 11) is 0. The molecule has 0 atom stereocenters. The Hall–Kier alpha value is -2.01. The lowest BCUT2D eigenvalue weighted by molar-refractivity contribution is 0.475. The summed E-state index contributed by atoms with van der Waals surface area (Å²) in [6.07, 6.45) is 2.16. The molecule has 2 rings (SSSR count). The highest BCUT2D eigenvalue weighted by Gasteiger charge is 2.05. The Kier molecular flexibility index (Phi) is 3.84. The fraction of sp³-hybridized carbons (Fsp3) is 0.167. The Balaban J connectivity index is 1.92. The molecule has 2 aromatic rings. The second-order valence-electron chi connectivity index (χ2n) is 3.76. The molecule has 0 amide bonds. The predicted molar refractivity (Wildman–Crippen MR) is 71.8 cm³/mol. The lowest BCUT2D eigenvalue weighted by Gasteiger charge is -2.08. The van der Waals surface area contributed by atoms with Gasteiger partial charge in [-0.15, -0.1) is 0 Å². The number of rotatable bonds is 4. The van der Waals surface area contributed by atoms with Crippen LogP contribution < -0.4 is 11.1 Å². The summed E-state index contributed by atoms with van der Waals surface area (Å²) in [6, 6.07) is 7.05. The first-order valence-corrected chi connectivity index (χ1v) is 5.82. The van der Waals surface area contributed by atoms with Gasteiger partial charge in [0.15, 0.2) is 0 Å². The third-order valence-corrected chi connectivity index (χ3v) is 2.83. The van der Waals surface area contributed by atoms with E-state index in [1.165, 1.54) is 6.33 Å². The van der Waals surface area contributed by atoms with Gasteiger partial charge in [-0.25, -0.2) is 9.97 Å². The van der Waals surface area contributed by atoms with E-state index in [-0.39, 0.29) is 11.6 Å². The molecule has 94 valence electrons. The maximum absolute atomic E-state index is 9.16. The van der Waals surface area contributed by atoms with E-state index in [0.717, 1.165) is 12.0 Å². The molecule has 1 aromatic carbocycles. The fourth-order valence-electron chi connectivity index (χ4n) is 1.49. The van der Waals surface area contributed by atoms with Crippen molar-refractivity contribution in [2.24, 2.45) is 0 Å². The molecular weight excluding hydrogens is 252 g/mol. The van der Waals surface area contributed by atoms with Crippen molar-refractivity contribution in [3.8, 4) is 5.75 Å². The SMILES string of the molecule is Nc1ncnc(NCCc2ccc(O)cc2)c1Cl. The van der Waals surface area contributed by atoms with Crippen molar-refractivity contribution in [2.45, 2.75) is 6.42 Å². The van der Waals surface area contributed by atoms with E-state index < -0.39 is 0 Å². The van der Waals surface area contributed by atoms with Gasteiger partial charge in [-0.2, -0.15) is 0 Å². The smallest absolute Gasteiger partial charge is 0.150 e. The number of nitrogen functional groups attached to an aromatic ring is 1. The number of anilines is 2. The van der Waals surface area contributed by atoms with E-state index >= 15 is 0 Å². The van der Waals surface area contributed by atoms with Crippen molar-refractivity contribution in [3.63, 3.8) is 0 Å². The molecule has 0 spiro atoms. The zero-order chi connectivity index (χ0) is 13.0. The summed E-state index contributed by atoms with van der Waals surface area (Å²) < 4.78 is 0. The van der Waals surface area contributed by atoms with Crippen molar-refractivity contribution in [2.75, 3.05) is 17.6 Å². The molecule has 0 fully saturated rings. The van der Waals surface area contributed by atoms with E-state index in [0.29, 0.717) is 17.4 Å². The molecule has 0 aliphatic heterocycles. The van der Waals surface area contributed by atoms with Gasteiger partial charge in [0.05, 0.1) is 0 Å². The maximum atomic E-state index is 9.16. The zero-order valence-electron chi connectivity index (χ0n) is 9.60. The summed E-state index contributed by atoms with van der Waals surface area (Å²) in [5.74, 6) is 1.06. The molecule has 0 radical (unpaired) electrons. The van der Waals surface area contributed by atoms with E-state index in [1.54, 1.807) is 12.1 Å². The van der Waals surface area contributed by atoms with Crippen LogP contribution in [0.3, 0.4) is 0 Å². The molecule has 5 nitrogen and oxygen atoms in total. The second kappa shape index (κ2) is 5.55. The summed E-state index contributed by atoms with van der Waals surface area (Å²) in [5.41, 5.74) is 6.68. The number of halogens is 1. The first-order chi connectivity index (χ1) is 8.66. The number of hydrogen-bond acceptors (Lipinski definition) is 5. The highest BCUT2D eigenvalue weighted by molar-refractivity contribution is 6.35. The van der Waals surface area contributed by atoms with Crippen LogP contribution in [0.25, 0.3) is 0 Å². The third-order valence-electron chi connectivity index (χ3n) is 2.46. The van der Waals surface area contributed by atoms with Crippen LogP contribution in [0.15, 0.2) is 30.6 Å². The minimum absolute atomic E-state index is 0.262. The van der Waals surface area contributed by atoms with E-state index in [4.69, 9.17) is 22.4 Å². The number of benzene rings is 1. The first-order valence-electron chi connectivity index (χ1n) is 5.44. The van der Waals surface area contributed by atoms with Gasteiger partial charge in [0.25, 0.3) is 0 Å². The lowest BCUT2D eigenvalue weighted by Crippen LogP contribution is -2.08. The van der Waals surface area contributed by atoms with Crippen LogP contribution in [0.4, 0.5) is 11.6 Å². The summed E-state index contributed by atoms with van der Waals surface area (Å²) in [5, 5.41) is 12.6. The third kappa shape index (κ3) is 3.01. The summed E-state index contributed by atoms with van der Waals surface area (Å²) in [4.78, 5) is 7.79. The van der Waals surface area contributed by atoms with Crippen molar-refractivity contribution >= 4 is 23.2 Å². The van der Waals surface area contributed by atoms with E-state index in [9.17, 15) is 0 Å². The number of nitrogens with two attached hydrogens (primary N) is 1. The van der Waals surface area contributed by atoms with Crippen molar-refractivity contribution in [3.05, 3.63) is 41.2 Å². The van der Waals surface area contributed by atoms with Gasteiger partial charge < -0.3 is 16.2 Å². The highest BCUT2D eigenvalue weighted by atomic mass is 35.5. The Bertz CT molecular complexity index is 530. The molecule has 0 aliphatic rings. The zero-order valence-corrected chi connectivity index (χ0v) is 10.4. The number of hydrogen-bond donors (Lipinski definition) is 3. The average Bonchev–Trinajstić information content (AvgIpc) is 2.37. The van der Waals surface area contributed by atoms with Crippen LogP contribution in [-0.4, -0.2) is 21.6 Å². The number of aromatic nitrogens is 2. The number of aromatic hydroxyl groups is 1. The summed E-state index contributed by atoms with van der Waals surface area (Å²) >= 11 is 5.95. The number of phenols is 1. The highest BCUT2D eigenvalue weighted by Crippen LogP contribution is 2.23. The van der Waals surface area contributed by atoms with Gasteiger partial charge in [0.1, 0.15) is 28.7 Å². The van der Waals surface area contributed by atoms with E-state index in [2.05, 4.69) is 15.3 Å². The topological polar surface area (TPSA) is 84.1 Å². The molecule has 0 saturated carbocycles. The van der Waals surface area contributed by atoms with Crippen molar-refractivity contribution in [1.29, 1.82) is 0 Å². The van der Waals surface area contributed by atoms with Crippen LogP contribution in [0.2, 0.25) is 5.02 Å². The predicted octanol–water partition coefficient (Wildman–Crippen LogP) is 2.07. The Morgan fingerprint density at radius 2 is 1.94 bits per heavy atom. The van der Waals surface area contributed by atoms with Gasteiger partial charge in [-0.05, 0) is 24.1 Å². The first kappa shape index (κ1) is 12.4. The van der Waals surface area contributed by atoms with Crippen molar-refractivity contribution in [1.82, 2.24) is 9.97 Å². The molecular formula is C12H13ClN4O. The molecule has 1 heterocycles. The minimum atomic E-state index is 0.262. The molecule has 0 aliphatic carbocycles. The van der Waals surface area contributed by atoms with Gasteiger partial charge in [-0.3, -0.25) is 0 Å². The Labute approximate surface area is 110 Å². The molecule has 4 N–H and O–H groups in total. The lowest BCUT2D eigenvalue weighted by atomic mass is 10.1. The molecule has 0 unspecified atom stereocenters. The van der Waals surface area contributed by atoms with Crippen LogP contribution in [-0.2, 0) is 6.42 Å². The van der Waals surface area contributed by atoms with Gasteiger partial charge in [-0.1, -0.05) is 23.7 Å². The fourth-order valence-corrected chi connectivity index (χ4v) is 1.66. The number of nitrogens with one attached hydrogen (secondary N) is 1. The van der Waals surface area contributed by atoms with Crippen LogP contribution in [0.5, 0.6) is 5.75 Å². The number of phenolic OH excluding ortho intramolecular Hbond substituents is 1. The quantitative estimate of drug-likeness (QED) is 0.787. The van der Waals surface area contributed by atoms with Crippen LogP contribution in [0, 0.1) is 0 Å². The average molecular weight is 265 g/mol. The minimum Gasteiger partial charge on any atom is -0.508 e. The molecule has 18 heavy (non-hydrogen) atoms. The molecule has 0 saturated heterocycles. The van der Waals surface area contributed by atoms with Crippen LogP contribution in [0.1, 0.15) is 5.56 Å². The van der Waals surface area contributed by atoms with Crippen molar-refractivity contribution < 1.29 is 5.11 Å². The molecule has 0 bridgehead atoms. The van der Waals surface area contributed by atoms with Gasteiger partial charge >= 0.3 is 0 Å². The van der Waals surface area contributed by atoms with E-state index in [1.807, 2.05) is 12.1 Å². The Morgan fingerprint density at radius 1 is 1.22 bits per heavy atom. The second-order valence-corrected chi connectivity index (χ2v) is 4.14. The standard InChI is InChI=1S/C12H13ClN4O/c13-10-11(14)16-7-17-12(10)15-6-5-8-1-3-9(18)4-2-8/h1-4,7,18H,5-6H2,(H3,14,15,16,17). The number of nitrogens with zero attached hydrogens (tertiary/aromatic N) is 2.